The molecule has 0 atom stereocenters. The van der Waals surface area contributed by atoms with Crippen molar-refractivity contribution in [3.63, 3.8) is 0 Å². The summed E-state index contributed by atoms with van der Waals surface area (Å²) in [5.74, 6) is 0.785. The summed E-state index contributed by atoms with van der Waals surface area (Å²) in [4.78, 5) is 0. The van der Waals surface area contributed by atoms with Crippen molar-refractivity contribution in [1.82, 2.24) is 0 Å². The maximum Gasteiger partial charge on any atom is 0.118 e. The third-order valence-electron chi connectivity index (χ3n) is 0.890. The highest BCUT2D eigenvalue weighted by molar-refractivity contribution is 5.15. The first kappa shape index (κ1) is 12.7. The standard InChI is InChI=1S/C8H12O.C2H6/c1-4-6-7-8(5-2)9-3;1-2/h4-7H,2H2,1,3H3;1-2H3/b6-4-,8-7+;. The number of allylic oxidation sites excluding steroid dienone is 4. The van der Waals surface area contributed by atoms with Crippen LogP contribution in [-0.4, -0.2) is 7.11 Å². The van der Waals surface area contributed by atoms with Gasteiger partial charge in [0.25, 0.3) is 0 Å². The molecule has 1 heteroatoms. The average molecular weight is 154 g/mol. The molecule has 1 nitrogen and oxygen atoms in total. The van der Waals surface area contributed by atoms with Crippen LogP contribution in [0.5, 0.6) is 0 Å². The summed E-state index contributed by atoms with van der Waals surface area (Å²) in [6.07, 6.45) is 7.36. The zero-order valence-corrected chi connectivity index (χ0v) is 7.92. The van der Waals surface area contributed by atoms with Crippen molar-refractivity contribution in [2.45, 2.75) is 20.8 Å². The number of ether oxygens (including phenoxy) is 1. The summed E-state index contributed by atoms with van der Waals surface area (Å²) in [5.41, 5.74) is 0. The van der Waals surface area contributed by atoms with Crippen LogP contribution in [0.4, 0.5) is 0 Å². The van der Waals surface area contributed by atoms with Crippen LogP contribution < -0.4 is 0 Å². The molecule has 0 aliphatic carbocycles. The molecule has 0 spiro atoms. The van der Waals surface area contributed by atoms with E-state index in [9.17, 15) is 0 Å². The molecule has 0 unspecified atom stereocenters. The summed E-state index contributed by atoms with van der Waals surface area (Å²) in [7, 11) is 1.62. The monoisotopic (exact) mass is 154 g/mol. The summed E-state index contributed by atoms with van der Waals surface area (Å²) in [6.45, 7) is 9.51. The van der Waals surface area contributed by atoms with Gasteiger partial charge in [0.1, 0.15) is 5.76 Å². The molecule has 0 amide bonds. The minimum Gasteiger partial charge on any atom is -0.497 e. The summed E-state index contributed by atoms with van der Waals surface area (Å²) >= 11 is 0. The van der Waals surface area contributed by atoms with Gasteiger partial charge in [-0.15, -0.1) is 0 Å². The van der Waals surface area contributed by atoms with Crippen molar-refractivity contribution in [3.8, 4) is 0 Å². The van der Waals surface area contributed by atoms with Crippen LogP contribution in [0.3, 0.4) is 0 Å². The Morgan fingerprint density at radius 2 is 1.91 bits per heavy atom. The van der Waals surface area contributed by atoms with Crippen molar-refractivity contribution in [1.29, 1.82) is 0 Å². The van der Waals surface area contributed by atoms with E-state index in [4.69, 9.17) is 4.74 Å². The second-order valence-electron chi connectivity index (χ2n) is 1.50. The molecule has 0 aromatic rings. The van der Waals surface area contributed by atoms with Gasteiger partial charge in [-0.1, -0.05) is 32.6 Å². The Morgan fingerprint density at radius 1 is 1.36 bits per heavy atom. The van der Waals surface area contributed by atoms with Crippen LogP contribution in [0.15, 0.2) is 36.6 Å². The van der Waals surface area contributed by atoms with Gasteiger partial charge in [0.2, 0.25) is 0 Å². The van der Waals surface area contributed by atoms with E-state index in [1.54, 1.807) is 13.2 Å². The average Bonchev–Trinajstić information content (AvgIpc) is 2.10. The highest BCUT2D eigenvalue weighted by Crippen LogP contribution is 1.94. The molecule has 0 bridgehead atoms. The van der Waals surface area contributed by atoms with Crippen molar-refractivity contribution in [2.75, 3.05) is 7.11 Å². The molecule has 0 N–H and O–H groups in total. The Balaban J connectivity index is 0. The topological polar surface area (TPSA) is 9.23 Å². The van der Waals surface area contributed by atoms with Crippen LogP contribution in [0, 0.1) is 0 Å². The maximum absolute atomic E-state index is 4.89. The quantitative estimate of drug-likeness (QED) is 0.447. The molecule has 11 heavy (non-hydrogen) atoms. The lowest BCUT2D eigenvalue weighted by Crippen LogP contribution is -1.77. The largest absolute Gasteiger partial charge is 0.497 e. The Hall–Kier alpha value is -0.980. The van der Waals surface area contributed by atoms with Crippen LogP contribution >= 0.6 is 0 Å². The van der Waals surface area contributed by atoms with Crippen LogP contribution in [-0.2, 0) is 4.74 Å². The van der Waals surface area contributed by atoms with Gasteiger partial charge in [-0.25, -0.2) is 0 Å². The summed E-state index contributed by atoms with van der Waals surface area (Å²) in [5, 5.41) is 0. The van der Waals surface area contributed by atoms with Crippen LogP contribution in [0.25, 0.3) is 0 Å². The fraction of sp³-hybridized carbons (Fsp3) is 0.400. The molecule has 0 fully saturated rings. The first-order valence-electron chi connectivity index (χ1n) is 3.84. The second-order valence-corrected chi connectivity index (χ2v) is 1.50. The highest BCUT2D eigenvalue weighted by atomic mass is 16.5. The molecule has 0 aliphatic rings. The molecule has 0 aromatic carbocycles. The van der Waals surface area contributed by atoms with E-state index in [1.807, 2.05) is 39.0 Å². The summed E-state index contributed by atoms with van der Waals surface area (Å²) in [6, 6.07) is 0. The Bertz CT molecular complexity index is 132. The number of methoxy groups -OCH3 is 1. The SMILES string of the molecule is C=C/C(=C\C=C/C)OC.CC. The van der Waals surface area contributed by atoms with Gasteiger partial charge in [0.05, 0.1) is 7.11 Å². The van der Waals surface area contributed by atoms with Gasteiger partial charge in [0.15, 0.2) is 0 Å². The van der Waals surface area contributed by atoms with Crippen molar-refractivity contribution >= 4 is 0 Å². The molecule has 0 heterocycles. The molecule has 0 saturated heterocycles. The van der Waals surface area contributed by atoms with Gasteiger partial charge in [-0.05, 0) is 19.1 Å². The fourth-order valence-corrected chi connectivity index (χ4v) is 0.410. The van der Waals surface area contributed by atoms with Crippen LogP contribution in [0.2, 0.25) is 0 Å². The third-order valence-corrected chi connectivity index (χ3v) is 0.890. The Labute approximate surface area is 70.1 Å². The predicted octanol–water partition coefficient (Wildman–Crippen LogP) is 3.31. The zero-order valence-electron chi connectivity index (χ0n) is 7.92. The van der Waals surface area contributed by atoms with Crippen molar-refractivity contribution in [2.24, 2.45) is 0 Å². The van der Waals surface area contributed by atoms with Gasteiger partial charge >= 0.3 is 0 Å². The highest BCUT2D eigenvalue weighted by Gasteiger charge is 1.79. The number of rotatable bonds is 3. The molecule has 0 aromatic heterocycles. The lowest BCUT2D eigenvalue weighted by molar-refractivity contribution is 0.307. The van der Waals surface area contributed by atoms with E-state index in [1.165, 1.54) is 0 Å². The van der Waals surface area contributed by atoms with Crippen molar-refractivity contribution in [3.05, 3.63) is 36.6 Å². The fourth-order valence-electron chi connectivity index (χ4n) is 0.410. The minimum absolute atomic E-state index is 0.785. The van der Waals surface area contributed by atoms with Gasteiger partial charge in [0, 0.05) is 0 Å². The van der Waals surface area contributed by atoms with E-state index in [0.29, 0.717) is 0 Å². The second kappa shape index (κ2) is 11.8. The van der Waals surface area contributed by atoms with E-state index < -0.39 is 0 Å². The first-order chi connectivity index (χ1) is 5.35. The van der Waals surface area contributed by atoms with Gasteiger partial charge in [-0.3, -0.25) is 0 Å². The van der Waals surface area contributed by atoms with Gasteiger partial charge in [-0.2, -0.15) is 0 Å². The summed E-state index contributed by atoms with van der Waals surface area (Å²) < 4.78 is 4.89. The molecular formula is C10H18O. The van der Waals surface area contributed by atoms with E-state index in [0.717, 1.165) is 5.76 Å². The normalized spacial score (nSPS) is 10.4. The van der Waals surface area contributed by atoms with E-state index in [-0.39, 0.29) is 0 Å². The number of hydrogen-bond acceptors (Lipinski definition) is 1. The molecule has 0 aliphatic heterocycles. The van der Waals surface area contributed by atoms with Crippen LogP contribution in [0.1, 0.15) is 20.8 Å². The minimum atomic E-state index is 0.785. The van der Waals surface area contributed by atoms with E-state index in [2.05, 4.69) is 6.58 Å². The molecular weight excluding hydrogens is 136 g/mol. The zero-order chi connectivity index (χ0) is 9.11. The molecule has 64 valence electrons. The lowest BCUT2D eigenvalue weighted by Gasteiger charge is -1.94. The third kappa shape index (κ3) is 9.02. The van der Waals surface area contributed by atoms with E-state index >= 15 is 0 Å². The lowest BCUT2D eigenvalue weighted by atomic mass is 10.4. The maximum atomic E-state index is 4.89. The Kier molecular flexibility index (Phi) is 13.6. The van der Waals surface area contributed by atoms with Gasteiger partial charge < -0.3 is 4.74 Å². The number of hydrogen-bond donors (Lipinski definition) is 0. The smallest absolute Gasteiger partial charge is 0.118 e. The van der Waals surface area contributed by atoms with Crippen molar-refractivity contribution < 1.29 is 4.74 Å². The molecule has 0 saturated carbocycles. The molecule has 0 radical (unpaired) electrons. The molecule has 0 rings (SSSR count). The first-order valence-corrected chi connectivity index (χ1v) is 3.84. The Morgan fingerprint density at radius 3 is 2.18 bits per heavy atom. The predicted molar refractivity (Wildman–Crippen MR) is 51.5 cm³/mol.